The van der Waals surface area contributed by atoms with Gasteiger partial charge in [-0.2, -0.15) is 0 Å². The molecule has 3 heteroatoms. The van der Waals surface area contributed by atoms with Gasteiger partial charge in [-0.05, 0) is 0 Å². The first-order valence-corrected chi connectivity index (χ1v) is 15.3. The van der Waals surface area contributed by atoms with E-state index in [0.717, 1.165) is 8.87 Å². The Bertz CT molecular complexity index is 203. The summed E-state index contributed by atoms with van der Waals surface area (Å²) in [5.74, 6) is 0. The standard InChI is InChI=1S/2C8H17.CHO2.Sn.H/c2*1-3-5-7-8-6-4-2;2-1-3;;/h2*1,3-8H2,2H3;(H,2,3);;. The molecule has 0 saturated heterocycles. The van der Waals surface area contributed by atoms with Gasteiger partial charge in [-0.3, -0.25) is 0 Å². The summed E-state index contributed by atoms with van der Waals surface area (Å²) in [5, 5.41) is 9.35. The van der Waals surface area contributed by atoms with Gasteiger partial charge in [-0.15, -0.1) is 0 Å². The Morgan fingerprint density at radius 1 is 0.700 bits per heavy atom. The van der Waals surface area contributed by atoms with Crippen molar-refractivity contribution >= 4 is 23.7 Å². The first kappa shape index (κ1) is 20.3. The zero-order chi connectivity index (χ0) is 15.1. The summed E-state index contributed by atoms with van der Waals surface area (Å²) in [5.41, 5.74) is 0. The van der Waals surface area contributed by atoms with E-state index in [1.165, 1.54) is 77.0 Å². The Balaban J connectivity index is 3.53. The van der Waals surface area contributed by atoms with Gasteiger partial charge in [0.25, 0.3) is 0 Å². The summed E-state index contributed by atoms with van der Waals surface area (Å²) >= 11 is -2.23. The molecule has 0 spiro atoms. The van der Waals surface area contributed by atoms with Crippen molar-refractivity contribution in [2.24, 2.45) is 0 Å². The Hall–Kier alpha value is 0.269. The first-order valence-electron chi connectivity index (χ1n) is 8.95. The fourth-order valence-corrected chi connectivity index (χ4v) is 9.43. The van der Waals surface area contributed by atoms with E-state index in [2.05, 4.69) is 13.8 Å². The predicted molar refractivity (Wildman–Crippen MR) is 91.5 cm³/mol. The number of rotatable bonds is 15. The van der Waals surface area contributed by atoms with Gasteiger partial charge in [-0.1, -0.05) is 0 Å². The van der Waals surface area contributed by atoms with Crippen LogP contribution in [0.5, 0.6) is 0 Å². The van der Waals surface area contributed by atoms with Crippen LogP contribution in [0, 0.1) is 0 Å². The molecule has 1 N–H and O–H groups in total. The van der Waals surface area contributed by atoms with Gasteiger partial charge in [0.2, 0.25) is 0 Å². The molecule has 2 nitrogen and oxygen atoms in total. The zero-order valence-electron chi connectivity index (χ0n) is 13.8. The molecule has 0 amide bonds. The molecule has 0 radical (unpaired) electrons. The molecule has 0 aliphatic carbocycles. The molecule has 0 unspecified atom stereocenters. The van der Waals surface area contributed by atoms with E-state index in [4.69, 9.17) is 0 Å². The van der Waals surface area contributed by atoms with Gasteiger partial charge in [-0.25, -0.2) is 0 Å². The number of hydrogen-bond donors (Lipinski definition) is 1. The van der Waals surface area contributed by atoms with E-state index in [-0.39, 0.29) is 3.99 Å². The number of unbranched alkanes of at least 4 members (excludes halogenated alkanes) is 10. The molecular formula is C17H36O2Sn. The summed E-state index contributed by atoms with van der Waals surface area (Å²) < 4.78 is 1.82. The molecule has 0 aromatic rings. The van der Waals surface area contributed by atoms with E-state index in [1.807, 2.05) is 0 Å². The fourth-order valence-electron chi connectivity index (χ4n) is 2.73. The Kier molecular flexibility index (Phi) is 15.9. The van der Waals surface area contributed by atoms with Gasteiger partial charge >= 0.3 is 133 Å². The van der Waals surface area contributed by atoms with Crippen LogP contribution >= 0.6 is 0 Å². The molecule has 0 saturated carbocycles. The van der Waals surface area contributed by atoms with Crippen LogP contribution in [0.4, 0.5) is 4.79 Å². The van der Waals surface area contributed by atoms with Crippen molar-refractivity contribution in [1.29, 1.82) is 0 Å². The van der Waals surface area contributed by atoms with Crippen molar-refractivity contribution in [2.75, 3.05) is 0 Å². The Labute approximate surface area is 133 Å². The summed E-state index contributed by atoms with van der Waals surface area (Å²) in [6.07, 6.45) is 15.4. The number of hydrogen-bond acceptors (Lipinski definition) is 1. The van der Waals surface area contributed by atoms with Crippen molar-refractivity contribution in [2.45, 2.75) is 99.8 Å². The second-order valence-electron chi connectivity index (χ2n) is 6.15. The molecular weight excluding hydrogens is 355 g/mol. The van der Waals surface area contributed by atoms with Gasteiger partial charge in [0, 0.05) is 0 Å². The van der Waals surface area contributed by atoms with Crippen LogP contribution in [0.1, 0.15) is 90.9 Å². The Morgan fingerprint density at radius 2 is 1.05 bits per heavy atom. The van der Waals surface area contributed by atoms with E-state index in [0.29, 0.717) is 0 Å². The predicted octanol–water partition coefficient (Wildman–Crippen LogP) is 6.19. The van der Waals surface area contributed by atoms with Crippen LogP contribution in [0.15, 0.2) is 0 Å². The van der Waals surface area contributed by atoms with Gasteiger partial charge < -0.3 is 0 Å². The molecule has 0 aromatic carbocycles. The minimum absolute atomic E-state index is 0.367. The van der Waals surface area contributed by atoms with E-state index in [1.54, 1.807) is 0 Å². The fraction of sp³-hybridized carbons (Fsp3) is 0.941. The van der Waals surface area contributed by atoms with Crippen LogP contribution in [0.25, 0.3) is 0 Å². The summed E-state index contributed by atoms with van der Waals surface area (Å²) in [6, 6.07) is 0. The Morgan fingerprint density at radius 3 is 1.40 bits per heavy atom. The van der Waals surface area contributed by atoms with Gasteiger partial charge in [0.05, 0.1) is 0 Å². The van der Waals surface area contributed by atoms with E-state index in [9.17, 15) is 9.90 Å². The molecule has 120 valence electrons. The van der Waals surface area contributed by atoms with E-state index >= 15 is 0 Å². The van der Waals surface area contributed by atoms with Crippen molar-refractivity contribution in [3.63, 3.8) is 0 Å². The molecule has 0 aliphatic rings. The van der Waals surface area contributed by atoms with Crippen molar-refractivity contribution in [1.82, 2.24) is 0 Å². The zero-order valence-corrected chi connectivity index (χ0v) is 17.1. The van der Waals surface area contributed by atoms with Crippen LogP contribution in [-0.2, 0) is 0 Å². The second kappa shape index (κ2) is 15.7. The van der Waals surface area contributed by atoms with Crippen LogP contribution < -0.4 is 0 Å². The second-order valence-corrected chi connectivity index (χ2v) is 14.8. The van der Waals surface area contributed by atoms with Crippen LogP contribution in [0.2, 0.25) is 8.87 Å². The van der Waals surface area contributed by atoms with Gasteiger partial charge in [0.15, 0.2) is 0 Å². The van der Waals surface area contributed by atoms with Crippen molar-refractivity contribution in [3.05, 3.63) is 0 Å². The molecule has 0 heterocycles. The van der Waals surface area contributed by atoms with E-state index < -0.39 is 19.8 Å². The van der Waals surface area contributed by atoms with Crippen LogP contribution in [0.3, 0.4) is 0 Å². The van der Waals surface area contributed by atoms with Crippen molar-refractivity contribution < 1.29 is 9.90 Å². The maximum atomic E-state index is 11.3. The number of carboxylic acid groups (broad SMARTS) is 1. The summed E-state index contributed by atoms with van der Waals surface area (Å²) in [6.45, 7) is 4.47. The monoisotopic (exact) mass is 392 g/mol. The van der Waals surface area contributed by atoms with Crippen molar-refractivity contribution in [3.8, 4) is 0 Å². The molecule has 0 rings (SSSR count). The van der Waals surface area contributed by atoms with Gasteiger partial charge in [0.1, 0.15) is 0 Å². The summed E-state index contributed by atoms with van der Waals surface area (Å²) in [7, 11) is 0. The quantitative estimate of drug-likeness (QED) is 0.267. The molecule has 0 fully saturated rings. The third kappa shape index (κ3) is 13.3. The van der Waals surface area contributed by atoms with Crippen LogP contribution in [-0.4, -0.2) is 28.9 Å². The SMILES string of the molecule is CCCCCCC[CH2][SnH]([CH2]CCCCCCC)[C](=O)O. The molecule has 0 aromatic heterocycles. The maximum absolute atomic E-state index is 11.3. The molecule has 20 heavy (non-hydrogen) atoms. The minimum atomic E-state index is -2.23. The normalized spacial score (nSPS) is 11.2. The third-order valence-corrected chi connectivity index (χ3v) is 12.5. The first-order chi connectivity index (χ1) is 9.72. The molecule has 0 bridgehead atoms. The number of carbonyl (C=O) groups is 1. The topological polar surface area (TPSA) is 37.3 Å². The summed E-state index contributed by atoms with van der Waals surface area (Å²) in [4.78, 5) is 11.3. The molecule has 0 atom stereocenters. The average Bonchev–Trinajstić information content (AvgIpc) is 2.43. The third-order valence-electron chi connectivity index (χ3n) is 4.16. The molecule has 0 aliphatic heterocycles. The average molecular weight is 391 g/mol.